The quantitative estimate of drug-likeness (QED) is 0.783. The van der Waals surface area contributed by atoms with E-state index in [1.165, 1.54) is 0 Å². The fourth-order valence-electron chi connectivity index (χ4n) is 1.85. The molecule has 0 aliphatic heterocycles. The Morgan fingerprint density at radius 1 is 1.10 bits per heavy atom. The van der Waals surface area contributed by atoms with Crippen molar-refractivity contribution in [3.05, 3.63) is 57.0 Å². The van der Waals surface area contributed by atoms with Crippen LogP contribution in [0.4, 0.5) is 5.69 Å². The molecule has 3 nitrogen and oxygen atoms in total. The van der Waals surface area contributed by atoms with Crippen molar-refractivity contribution in [2.45, 2.75) is 6.04 Å². The first-order valence-corrected chi connectivity index (χ1v) is 7.69. The lowest BCUT2D eigenvalue weighted by atomic mass is 10.1. The number of rotatable bonds is 5. The van der Waals surface area contributed by atoms with Gasteiger partial charge in [0.25, 0.3) is 0 Å². The molecule has 0 amide bonds. The molecule has 0 radical (unpaired) electrons. The molecule has 0 saturated carbocycles. The molecule has 0 heterocycles. The molecule has 0 bridgehead atoms. The summed E-state index contributed by atoms with van der Waals surface area (Å²) in [6, 6.07) is 13.4. The van der Waals surface area contributed by atoms with Crippen LogP contribution in [0.15, 0.2) is 51.4 Å². The summed E-state index contributed by atoms with van der Waals surface area (Å²) in [4.78, 5) is 0. The number of benzene rings is 2. The maximum absolute atomic E-state index is 9.59. The van der Waals surface area contributed by atoms with Gasteiger partial charge in [0.2, 0.25) is 0 Å². The second-order valence-corrected chi connectivity index (χ2v) is 5.99. The molecule has 0 spiro atoms. The molecule has 2 aromatic carbocycles. The average Bonchev–Trinajstić information content (AvgIpc) is 2.48. The Morgan fingerprint density at radius 2 is 1.80 bits per heavy atom. The van der Waals surface area contributed by atoms with Gasteiger partial charge in [0.05, 0.1) is 19.8 Å². The monoisotopic (exact) mass is 399 g/mol. The van der Waals surface area contributed by atoms with Crippen LogP contribution in [0, 0.1) is 0 Å². The van der Waals surface area contributed by atoms with Crippen LogP contribution >= 0.6 is 31.9 Å². The Kier molecular flexibility index (Phi) is 5.46. The maximum Gasteiger partial charge on any atom is 0.119 e. The van der Waals surface area contributed by atoms with Crippen LogP contribution in [0.5, 0.6) is 5.75 Å². The second kappa shape index (κ2) is 7.11. The summed E-state index contributed by atoms with van der Waals surface area (Å²) in [5.74, 6) is 0.808. The van der Waals surface area contributed by atoms with E-state index >= 15 is 0 Å². The van der Waals surface area contributed by atoms with E-state index in [0.29, 0.717) is 0 Å². The number of hydrogen-bond donors (Lipinski definition) is 2. The number of hydrogen-bond acceptors (Lipinski definition) is 3. The smallest absolute Gasteiger partial charge is 0.119 e. The third-order valence-electron chi connectivity index (χ3n) is 2.96. The van der Waals surface area contributed by atoms with E-state index in [4.69, 9.17) is 4.74 Å². The van der Waals surface area contributed by atoms with Crippen LogP contribution < -0.4 is 10.1 Å². The van der Waals surface area contributed by atoms with Crippen LogP contribution in [-0.2, 0) is 0 Å². The van der Waals surface area contributed by atoms with Crippen molar-refractivity contribution in [3.63, 3.8) is 0 Å². The first kappa shape index (κ1) is 15.4. The Hall–Kier alpha value is -1.04. The SMILES string of the molecule is COc1ccc(NC(CO)c2ccc(Br)c(Br)c2)cc1. The zero-order valence-electron chi connectivity index (χ0n) is 10.9. The van der Waals surface area contributed by atoms with Gasteiger partial charge < -0.3 is 15.2 Å². The van der Waals surface area contributed by atoms with Crippen LogP contribution in [0.2, 0.25) is 0 Å². The number of nitrogens with one attached hydrogen (secondary N) is 1. The van der Waals surface area contributed by atoms with E-state index in [-0.39, 0.29) is 12.6 Å². The van der Waals surface area contributed by atoms with Crippen molar-refractivity contribution < 1.29 is 9.84 Å². The molecule has 106 valence electrons. The summed E-state index contributed by atoms with van der Waals surface area (Å²) in [7, 11) is 1.64. The molecule has 0 aliphatic rings. The third-order valence-corrected chi connectivity index (χ3v) is 4.84. The predicted octanol–water partition coefficient (Wildman–Crippen LogP) is 4.37. The molecule has 2 rings (SSSR count). The van der Waals surface area contributed by atoms with E-state index in [2.05, 4.69) is 37.2 Å². The highest BCUT2D eigenvalue weighted by molar-refractivity contribution is 9.13. The molecule has 1 unspecified atom stereocenters. The Labute approximate surface area is 135 Å². The van der Waals surface area contributed by atoms with Crippen LogP contribution in [-0.4, -0.2) is 18.8 Å². The van der Waals surface area contributed by atoms with Crippen LogP contribution in [0.3, 0.4) is 0 Å². The van der Waals surface area contributed by atoms with Crippen molar-refractivity contribution in [2.75, 3.05) is 19.0 Å². The second-order valence-electron chi connectivity index (χ2n) is 4.28. The molecule has 0 aliphatic carbocycles. The number of anilines is 1. The van der Waals surface area contributed by atoms with Gasteiger partial charge in [0, 0.05) is 14.6 Å². The van der Waals surface area contributed by atoms with E-state index < -0.39 is 0 Å². The van der Waals surface area contributed by atoms with E-state index in [1.54, 1.807) is 7.11 Å². The standard InChI is InChI=1S/C15H15Br2NO2/c1-20-12-5-3-11(4-6-12)18-15(9-19)10-2-7-13(16)14(17)8-10/h2-8,15,18-19H,9H2,1H3. The van der Waals surface area contributed by atoms with E-state index in [1.807, 2.05) is 42.5 Å². The molecule has 0 fully saturated rings. The molecule has 20 heavy (non-hydrogen) atoms. The molecule has 2 N–H and O–H groups in total. The van der Waals surface area contributed by atoms with E-state index in [0.717, 1.165) is 25.9 Å². The molecule has 0 aromatic heterocycles. The summed E-state index contributed by atoms with van der Waals surface area (Å²) in [5, 5.41) is 12.9. The van der Waals surface area contributed by atoms with E-state index in [9.17, 15) is 5.11 Å². The average molecular weight is 401 g/mol. The summed E-state index contributed by atoms with van der Waals surface area (Å²) in [6.45, 7) is 0.0140. The molecular weight excluding hydrogens is 386 g/mol. The first-order chi connectivity index (χ1) is 9.63. The lowest BCUT2D eigenvalue weighted by molar-refractivity contribution is 0.276. The highest BCUT2D eigenvalue weighted by atomic mass is 79.9. The van der Waals surface area contributed by atoms with Crippen molar-refractivity contribution in [1.82, 2.24) is 0 Å². The summed E-state index contributed by atoms with van der Waals surface area (Å²) in [6.07, 6.45) is 0. The molecular formula is C15H15Br2NO2. The Balaban J connectivity index is 2.16. The van der Waals surface area contributed by atoms with Crippen molar-refractivity contribution in [3.8, 4) is 5.75 Å². The van der Waals surface area contributed by atoms with Gasteiger partial charge in [-0.15, -0.1) is 0 Å². The fraction of sp³-hybridized carbons (Fsp3) is 0.200. The fourth-order valence-corrected chi connectivity index (χ4v) is 2.50. The van der Waals surface area contributed by atoms with Crippen molar-refractivity contribution >= 4 is 37.5 Å². The molecule has 5 heteroatoms. The predicted molar refractivity (Wildman–Crippen MR) is 88.3 cm³/mol. The highest BCUT2D eigenvalue weighted by Gasteiger charge is 2.11. The summed E-state index contributed by atoms with van der Waals surface area (Å²) in [5.41, 5.74) is 1.95. The minimum atomic E-state index is -0.159. The van der Waals surface area contributed by atoms with Gasteiger partial charge in [0.15, 0.2) is 0 Å². The number of aliphatic hydroxyl groups is 1. The Bertz CT molecular complexity index is 573. The van der Waals surface area contributed by atoms with Crippen LogP contribution in [0.1, 0.15) is 11.6 Å². The molecule has 0 saturated heterocycles. The largest absolute Gasteiger partial charge is 0.497 e. The topological polar surface area (TPSA) is 41.5 Å². The Morgan fingerprint density at radius 3 is 2.35 bits per heavy atom. The minimum absolute atomic E-state index is 0.0140. The van der Waals surface area contributed by atoms with Gasteiger partial charge in [-0.2, -0.15) is 0 Å². The summed E-state index contributed by atoms with van der Waals surface area (Å²) >= 11 is 6.91. The highest BCUT2D eigenvalue weighted by Crippen LogP contribution is 2.28. The first-order valence-electron chi connectivity index (χ1n) is 6.10. The number of aliphatic hydroxyl groups excluding tert-OH is 1. The zero-order chi connectivity index (χ0) is 14.5. The van der Waals surface area contributed by atoms with Gasteiger partial charge in [-0.3, -0.25) is 0 Å². The van der Waals surface area contributed by atoms with Crippen LogP contribution in [0.25, 0.3) is 0 Å². The van der Waals surface area contributed by atoms with Gasteiger partial charge in [-0.05, 0) is 73.8 Å². The van der Waals surface area contributed by atoms with Crippen molar-refractivity contribution in [2.24, 2.45) is 0 Å². The number of methoxy groups -OCH3 is 1. The summed E-state index contributed by atoms with van der Waals surface area (Å²) < 4.78 is 7.08. The number of ether oxygens (including phenoxy) is 1. The minimum Gasteiger partial charge on any atom is -0.497 e. The molecule has 1 atom stereocenters. The normalized spacial score (nSPS) is 12.0. The van der Waals surface area contributed by atoms with Gasteiger partial charge in [-0.1, -0.05) is 6.07 Å². The lowest BCUT2D eigenvalue weighted by Crippen LogP contribution is -2.14. The van der Waals surface area contributed by atoms with Gasteiger partial charge in [0.1, 0.15) is 5.75 Å². The zero-order valence-corrected chi connectivity index (χ0v) is 14.1. The lowest BCUT2D eigenvalue weighted by Gasteiger charge is -2.19. The molecule has 2 aromatic rings. The van der Waals surface area contributed by atoms with Gasteiger partial charge >= 0.3 is 0 Å². The maximum atomic E-state index is 9.59. The van der Waals surface area contributed by atoms with Crippen molar-refractivity contribution in [1.29, 1.82) is 0 Å². The number of halogens is 2. The van der Waals surface area contributed by atoms with Gasteiger partial charge in [-0.25, -0.2) is 0 Å². The third kappa shape index (κ3) is 3.75.